The Hall–Kier alpha value is -1.71. The lowest BCUT2D eigenvalue weighted by Crippen LogP contribution is -2.38. The van der Waals surface area contributed by atoms with E-state index in [9.17, 15) is 16.8 Å². The third-order valence-corrected chi connectivity index (χ3v) is 8.63. The lowest BCUT2D eigenvalue weighted by molar-refractivity contribution is 0.408. The molecule has 0 saturated carbocycles. The molecule has 0 atom stereocenters. The summed E-state index contributed by atoms with van der Waals surface area (Å²) >= 11 is 0. The Labute approximate surface area is 167 Å². The molecular formula is C19H27N3O4S2. The van der Waals surface area contributed by atoms with Crippen LogP contribution in [0, 0.1) is 0 Å². The molecule has 0 radical (unpaired) electrons. The van der Waals surface area contributed by atoms with Gasteiger partial charge in [-0.3, -0.25) is 0 Å². The van der Waals surface area contributed by atoms with Crippen LogP contribution in [-0.2, 0) is 26.5 Å². The van der Waals surface area contributed by atoms with E-state index in [1.807, 2.05) is 29.2 Å². The van der Waals surface area contributed by atoms with Crippen molar-refractivity contribution in [2.45, 2.75) is 33.6 Å². The average molecular weight is 426 g/mol. The fraction of sp³-hybridized carbons (Fsp3) is 0.526. The van der Waals surface area contributed by atoms with Crippen LogP contribution in [0.5, 0.6) is 0 Å². The molecule has 1 aromatic carbocycles. The van der Waals surface area contributed by atoms with Crippen LogP contribution in [0.3, 0.4) is 0 Å². The topological polar surface area (TPSA) is 87.1 Å². The summed E-state index contributed by atoms with van der Waals surface area (Å²) in [6.07, 6.45) is 1.52. The van der Waals surface area contributed by atoms with Crippen LogP contribution in [0.25, 0.3) is 4.91 Å². The SMILES string of the molecule is CCc1ccc(C2=C(C)C(N3CCCN(S(=O)(=O)CC)CC3)=NS2(=O)=O)cc1. The van der Waals surface area contributed by atoms with E-state index in [1.54, 1.807) is 13.8 Å². The average Bonchev–Trinajstić information content (AvgIpc) is 2.84. The first-order valence-corrected chi connectivity index (χ1v) is 12.6. The van der Waals surface area contributed by atoms with Crippen molar-refractivity contribution in [1.82, 2.24) is 9.21 Å². The highest BCUT2D eigenvalue weighted by Crippen LogP contribution is 2.34. The molecule has 154 valence electrons. The van der Waals surface area contributed by atoms with Gasteiger partial charge in [0.2, 0.25) is 10.0 Å². The van der Waals surface area contributed by atoms with Gasteiger partial charge in [-0.05, 0) is 37.8 Å². The molecular weight excluding hydrogens is 398 g/mol. The normalized spacial score (nSPS) is 21.0. The van der Waals surface area contributed by atoms with E-state index in [-0.39, 0.29) is 10.7 Å². The first-order valence-electron chi connectivity index (χ1n) is 9.58. The van der Waals surface area contributed by atoms with Crippen molar-refractivity contribution in [2.75, 3.05) is 31.9 Å². The molecule has 0 aromatic heterocycles. The summed E-state index contributed by atoms with van der Waals surface area (Å²) in [7, 11) is -7.02. The van der Waals surface area contributed by atoms with Crippen molar-refractivity contribution in [1.29, 1.82) is 0 Å². The van der Waals surface area contributed by atoms with Crippen molar-refractivity contribution in [3.8, 4) is 0 Å². The van der Waals surface area contributed by atoms with Crippen molar-refractivity contribution < 1.29 is 16.8 Å². The van der Waals surface area contributed by atoms with Gasteiger partial charge in [0.25, 0.3) is 10.0 Å². The van der Waals surface area contributed by atoms with Gasteiger partial charge in [0.05, 0.1) is 5.75 Å². The number of sulfonamides is 2. The number of hydrogen-bond donors (Lipinski definition) is 0. The molecule has 1 saturated heterocycles. The molecule has 2 aliphatic rings. The highest BCUT2D eigenvalue weighted by Gasteiger charge is 2.34. The van der Waals surface area contributed by atoms with Crippen LogP contribution in [0.15, 0.2) is 34.2 Å². The summed E-state index contributed by atoms with van der Waals surface area (Å²) in [5.74, 6) is 0.504. The van der Waals surface area contributed by atoms with Gasteiger partial charge in [-0.15, -0.1) is 4.40 Å². The van der Waals surface area contributed by atoms with Gasteiger partial charge in [-0.25, -0.2) is 12.7 Å². The van der Waals surface area contributed by atoms with E-state index in [0.29, 0.717) is 49.6 Å². The second-order valence-corrected chi connectivity index (χ2v) is 10.8. The zero-order valence-electron chi connectivity index (χ0n) is 16.6. The van der Waals surface area contributed by atoms with Crippen molar-refractivity contribution in [3.63, 3.8) is 0 Å². The molecule has 0 N–H and O–H groups in total. The summed E-state index contributed by atoms with van der Waals surface area (Å²) in [6, 6.07) is 7.52. The van der Waals surface area contributed by atoms with Crippen molar-refractivity contribution in [2.24, 2.45) is 4.40 Å². The Morgan fingerprint density at radius 2 is 1.71 bits per heavy atom. The molecule has 0 aliphatic carbocycles. The smallest absolute Gasteiger partial charge is 0.285 e. The highest BCUT2D eigenvalue weighted by molar-refractivity contribution is 8.00. The fourth-order valence-electron chi connectivity index (χ4n) is 3.64. The molecule has 2 heterocycles. The van der Waals surface area contributed by atoms with Gasteiger partial charge in [0.15, 0.2) is 0 Å². The van der Waals surface area contributed by atoms with Gasteiger partial charge in [0.1, 0.15) is 10.7 Å². The zero-order chi connectivity index (χ0) is 20.5. The first kappa shape index (κ1) is 21.0. The molecule has 9 heteroatoms. The summed E-state index contributed by atoms with van der Waals surface area (Å²) in [4.78, 5) is 2.14. The molecule has 0 bridgehead atoms. The molecule has 3 rings (SSSR count). The number of rotatable bonds is 4. The molecule has 0 unspecified atom stereocenters. The number of hydrogen-bond acceptors (Lipinski definition) is 5. The second-order valence-electron chi connectivity index (χ2n) is 7.03. The Morgan fingerprint density at radius 3 is 2.32 bits per heavy atom. The van der Waals surface area contributed by atoms with Gasteiger partial charge in [0, 0.05) is 31.8 Å². The lowest BCUT2D eigenvalue weighted by Gasteiger charge is -2.23. The van der Waals surface area contributed by atoms with E-state index < -0.39 is 20.0 Å². The van der Waals surface area contributed by atoms with E-state index in [1.165, 1.54) is 4.31 Å². The lowest BCUT2D eigenvalue weighted by atomic mass is 10.1. The minimum Gasteiger partial charge on any atom is -0.354 e. The largest absolute Gasteiger partial charge is 0.354 e. The van der Waals surface area contributed by atoms with Gasteiger partial charge in [-0.1, -0.05) is 31.2 Å². The quantitative estimate of drug-likeness (QED) is 0.737. The fourth-order valence-corrected chi connectivity index (χ4v) is 6.26. The molecule has 2 aliphatic heterocycles. The zero-order valence-corrected chi connectivity index (χ0v) is 18.2. The van der Waals surface area contributed by atoms with Gasteiger partial charge >= 0.3 is 0 Å². The summed E-state index contributed by atoms with van der Waals surface area (Å²) in [5.41, 5.74) is 2.40. The molecule has 0 amide bonds. The standard InChI is InChI=1S/C19H27N3O4S2/c1-4-16-7-9-17(10-8-16)18-15(3)19(20-28(18,25)26)21-11-6-12-22(14-13-21)27(23,24)5-2/h7-10H,4-6,11-14H2,1-3H3. The Morgan fingerprint density at radius 1 is 1.04 bits per heavy atom. The minimum atomic E-state index is -3.77. The predicted molar refractivity (Wildman–Crippen MR) is 112 cm³/mol. The van der Waals surface area contributed by atoms with E-state index in [2.05, 4.69) is 11.3 Å². The molecule has 28 heavy (non-hydrogen) atoms. The van der Waals surface area contributed by atoms with Crippen LogP contribution in [0.1, 0.15) is 38.3 Å². The number of benzene rings is 1. The second kappa shape index (κ2) is 7.96. The van der Waals surface area contributed by atoms with Crippen molar-refractivity contribution >= 4 is 30.8 Å². The molecule has 1 aromatic rings. The van der Waals surface area contributed by atoms with Crippen LogP contribution in [0.2, 0.25) is 0 Å². The maximum absolute atomic E-state index is 12.8. The number of nitrogens with zero attached hydrogens (tertiary/aromatic N) is 3. The maximum Gasteiger partial charge on any atom is 0.285 e. The van der Waals surface area contributed by atoms with Gasteiger partial charge in [-0.2, -0.15) is 8.42 Å². The number of amidine groups is 1. The number of aryl methyl sites for hydroxylation is 1. The van der Waals surface area contributed by atoms with Crippen molar-refractivity contribution in [3.05, 3.63) is 41.0 Å². The monoisotopic (exact) mass is 425 g/mol. The Balaban J connectivity index is 1.89. The Kier molecular flexibility index (Phi) is 5.97. The summed E-state index contributed by atoms with van der Waals surface area (Å²) in [6.45, 7) is 7.24. The maximum atomic E-state index is 12.8. The summed E-state index contributed by atoms with van der Waals surface area (Å²) < 4.78 is 55.4. The van der Waals surface area contributed by atoms with Crippen LogP contribution in [0.4, 0.5) is 0 Å². The van der Waals surface area contributed by atoms with E-state index in [0.717, 1.165) is 12.0 Å². The molecule has 1 fully saturated rings. The third-order valence-electron chi connectivity index (χ3n) is 5.28. The van der Waals surface area contributed by atoms with E-state index >= 15 is 0 Å². The highest BCUT2D eigenvalue weighted by atomic mass is 32.2. The summed E-state index contributed by atoms with van der Waals surface area (Å²) in [5, 5.41) is 0. The van der Waals surface area contributed by atoms with Crippen LogP contribution >= 0.6 is 0 Å². The van der Waals surface area contributed by atoms with E-state index in [4.69, 9.17) is 0 Å². The third kappa shape index (κ3) is 4.01. The minimum absolute atomic E-state index is 0.0686. The van der Waals surface area contributed by atoms with Crippen LogP contribution in [-0.4, -0.2) is 63.8 Å². The Bertz CT molecular complexity index is 1010. The van der Waals surface area contributed by atoms with Crippen LogP contribution < -0.4 is 0 Å². The van der Waals surface area contributed by atoms with Gasteiger partial charge < -0.3 is 4.90 Å². The first-order chi connectivity index (χ1) is 13.2. The predicted octanol–water partition coefficient (Wildman–Crippen LogP) is 2.08. The molecule has 0 spiro atoms. The molecule has 7 nitrogen and oxygen atoms in total.